The topological polar surface area (TPSA) is 83.8 Å². The number of anilines is 1. The van der Waals surface area contributed by atoms with Crippen LogP contribution in [-0.4, -0.2) is 15.1 Å². The molecule has 1 aromatic heterocycles. The molecule has 2 aromatic rings. The van der Waals surface area contributed by atoms with Crippen LogP contribution in [-0.2, 0) is 6.54 Å². The summed E-state index contributed by atoms with van der Waals surface area (Å²) in [5.41, 5.74) is 0.347. The van der Waals surface area contributed by atoms with Crippen molar-refractivity contribution in [1.82, 2.24) is 10.2 Å². The quantitative estimate of drug-likeness (QED) is 0.628. The van der Waals surface area contributed by atoms with Gasteiger partial charge in [0.05, 0.1) is 17.2 Å². The van der Waals surface area contributed by atoms with Gasteiger partial charge in [0.1, 0.15) is 5.69 Å². The second kappa shape index (κ2) is 4.60. The highest BCUT2D eigenvalue weighted by Crippen LogP contribution is 2.27. The number of para-hydroxylation sites is 1. The fourth-order valence-electron chi connectivity index (χ4n) is 1.42. The van der Waals surface area contributed by atoms with Gasteiger partial charge in [-0.3, -0.25) is 15.2 Å². The molecule has 7 heteroatoms. The summed E-state index contributed by atoms with van der Waals surface area (Å²) in [6, 6.07) is 5.65. The van der Waals surface area contributed by atoms with E-state index in [2.05, 4.69) is 15.5 Å². The third kappa shape index (κ3) is 2.39. The Morgan fingerprint density at radius 3 is 2.94 bits per heavy atom. The second-order valence-corrected chi connectivity index (χ2v) is 3.33. The third-order valence-corrected chi connectivity index (χ3v) is 2.20. The zero-order chi connectivity index (χ0) is 12.3. The Morgan fingerprint density at radius 2 is 2.29 bits per heavy atom. The van der Waals surface area contributed by atoms with Gasteiger partial charge in [-0.05, 0) is 18.2 Å². The van der Waals surface area contributed by atoms with E-state index < -0.39 is 16.4 Å². The molecule has 1 aromatic carbocycles. The zero-order valence-electron chi connectivity index (χ0n) is 8.68. The molecule has 88 valence electrons. The van der Waals surface area contributed by atoms with Crippen LogP contribution in [0.3, 0.4) is 0 Å². The first-order chi connectivity index (χ1) is 8.18. The minimum Gasteiger partial charge on any atom is -0.374 e. The van der Waals surface area contributed by atoms with E-state index in [1.807, 2.05) is 0 Å². The van der Waals surface area contributed by atoms with Crippen LogP contribution in [0.4, 0.5) is 15.8 Å². The number of nitro benzene ring substituents is 1. The lowest BCUT2D eigenvalue weighted by atomic mass is 10.2. The van der Waals surface area contributed by atoms with Crippen molar-refractivity contribution < 1.29 is 9.31 Å². The van der Waals surface area contributed by atoms with Gasteiger partial charge in [-0.25, -0.2) is 0 Å². The van der Waals surface area contributed by atoms with Crippen molar-refractivity contribution >= 4 is 11.4 Å². The van der Waals surface area contributed by atoms with Gasteiger partial charge in [-0.1, -0.05) is 6.07 Å². The van der Waals surface area contributed by atoms with E-state index in [1.165, 1.54) is 12.1 Å². The molecule has 0 radical (unpaired) electrons. The summed E-state index contributed by atoms with van der Waals surface area (Å²) in [4.78, 5) is 9.96. The van der Waals surface area contributed by atoms with Crippen LogP contribution >= 0.6 is 0 Å². The number of rotatable bonds is 4. The minimum absolute atomic E-state index is 0.143. The molecule has 6 nitrogen and oxygen atoms in total. The maximum atomic E-state index is 13.3. The Labute approximate surface area is 95.6 Å². The van der Waals surface area contributed by atoms with Crippen molar-refractivity contribution in [1.29, 1.82) is 0 Å². The Bertz CT molecular complexity index is 527. The van der Waals surface area contributed by atoms with Crippen molar-refractivity contribution in [3.63, 3.8) is 0 Å². The summed E-state index contributed by atoms with van der Waals surface area (Å²) in [7, 11) is 0. The number of H-pyrrole nitrogens is 1. The fourth-order valence-corrected chi connectivity index (χ4v) is 1.42. The lowest BCUT2D eigenvalue weighted by Crippen LogP contribution is -2.04. The van der Waals surface area contributed by atoms with E-state index in [0.717, 1.165) is 11.8 Å². The van der Waals surface area contributed by atoms with Crippen LogP contribution in [0, 0.1) is 15.9 Å². The van der Waals surface area contributed by atoms with E-state index in [9.17, 15) is 14.5 Å². The first-order valence-corrected chi connectivity index (χ1v) is 4.83. The van der Waals surface area contributed by atoms with Gasteiger partial charge in [0.25, 0.3) is 0 Å². The molecule has 1 heterocycles. The monoisotopic (exact) mass is 236 g/mol. The number of hydrogen-bond acceptors (Lipinski definition) is 4. The number of hydrogen-bond donors (Lipinski definition) is 2. The molecular formula is C10H9FN4O2. The summed E-state index contributed by atoms with van der Waals surface area (Å²) < 4.78 is 13.3. The molecule has 0 fully saturated rings. The van der Waals surface area contributed by atoms with Gasteiger partial charge in [0.2, 0.25) is 5.82 Å². The molecule has 0 unspecified atom stereocenters. The van der Waals surface area contributed by atoms with Gasteiger partial charge in [-0.15, -0.1) is 0 Å². The average molecular weight is 236 g/mol. The first kappa shape index (κ1) is 11.1. The minimum atomic E-state index is -0.857. The normalized spacial score (nSPS) is 10.2. The van der Waals surface area contributed by atoms with Crippen LogP contribution in [0.1, 0.15) is 5.69 Å². The van der Waals surface area contributed by atoms with Crippen LogP contribution in [0.25, 0.3) is 0 Å². The van der Waals surface area contributed by atoms with E-state index in [-0.39, 0.29) is 5.69 Å². The van der Waals surface area contributed by atoms with Crippen LogP contribution in [0.2, 0.25) is 0 Å². The zero-order valence-corrected chi connectivity index (χ0v) is 8.68. The van der Waals surface area contributed by atoms with Crippen molar-refractivity contribution in [3.05, 3.63) is 52.1 Å². The summed E-state index contributed by atoms with van der Waals surface area (Å²) in [5, 5.41) is 19.9. The lowest BCUT2D eigenvalue weighted by molar-refractivity contribution is -0.386. The summed E-state index contributed by atoms with van der Waals surface area (Å²) >= 11 is 0. The molecule has 0 spiro atoms. The number of aromatic amines is 1. The Hall–Kier alpha value is -2.44. The SMILES string of the molecule is O=[N+]([O-])c1c(F)cccc1NCc1ccn[nH]1. The number of halogens is 1. The maximum absolute atomic E-state index is 13.3. The van der Waals surface area contributed by atoms with E-state index >= 15 is 0 Å². The van der Waals surface area contributed by atoms with Gasteiger partial charge < -0.3 is 5.32 Å². The fraction of sp³-hybridized carbons (Fsp3) is 0.100. The number of aromatic nitrogens is 2. The van der Waals surface area contributed by atoms with Crippen LogP contribution in [0.15, 0.2) is 30.5 Å². The van der Waals surface area contributed by atoms with E-state index in [0.29, 0.717) is 6.54 Å². The largest absolute Gasteiger partial charge is 0.374 e. The second-order valence-electron chi connectivity index (χ2n) is 3.33. The molecule has 0 bridgehead atoms. The highest BCUT2D eigenvalue weighted by Gasteiger charge is 2.19. The smallest absolute Gasteiger partial charge is 0.327 e. The lowest BCUT2D eigenvalue weighted by Gasteiger charge is -2.05. The summed E-state index contributed by atoms with van der Waals surface area (Å²) in [5.74, 6) is -0.857. The predicted octanol–water partition coefficient (Wildman–Crippen LogP) is 2.07. The van der Waals surface area contributed by atoms with E-state index in [1.54, 1.807) is 12.3 Å². The Balaban J connectivity index is 2.21. The highest BCUT2D eigenvalue weighted by molar-refractivity contribution is 5.61. The molecule has 0 aliphatic rings. The molecule has 17 heavy (non-hydrogen) atoms. The molecule has 2 N–H and O–H groups in total. The standard InChI is InChI=1S/C10H9FN4O2/c11-8-2-1-3-9(10(8)15(16)17)12-6-7-4-5-13-14-7/h1-5,12H,6H2,(H,13,14). The third-order valence-electron chi connectivity index (χ3n) is 2.20. The molecule has 0 amide bonds. The molecule has 0 atom stereocenters. The molecule has 2 rings (SSSR count). The average Bonchev–Trinajstić information content (AvgIpc) is 2.78. The van der Waals surface area contributed by atoms with Gasteiger partial charge >= 0.3 is 5.69 Å². The number of nitrogens with zero attached hydrogens (tertiary/aromatic N) is 2. The molecule has 0 aliphatic carbocycles. The molecule has 0 saturated carbocycles. The van der Waals surface area contributed by atoms with E-state index in [4.69, 9.17) is 0 Å². The Kier molecular flexibility index (Phi) is 2.99. The molecule has 0 aliphatic heterocycles. The first-order valence-electron chi connectivity index (χ1n) is 4.83. The summed E-state index contributed by atoms with van der Waals surface area (Å²) in [6.45, 7) is 0.310. The maximum Gasteiger partial charge on any atom is 0.327 e. The van der Waals surface area contributed by atoms with Crippen LogP contribution < -0.4 is 5.32 Å². The number of nitrogens with one attached hydrogen (secondary N) is 2. The Morgan fingerprint density at radius 1 is 1.47 bits per heavy atom. The summed E-state index contributed by atoms with van der Waals surface area (Å²) in [6.07, 6.45) is 1.57. The molecule has 0 saturated heterocycles. The van der Waals surface area contributed by atoms with Gasteiger partial charge in [0, 0.05) is 6.20 Å². The van der Waals surface area contributed by atoms with Gasteiger partial charge in [0.15, 0.2) is 0 Å². The van der Waals surface area contributed by atoms with Crippen molar-refractivity contribution in [2.45, 2.75) is 6.54 Å². The number of nitro groups is 1. The van der Waals surface area contributed by atoms with Crippen molar-refractivity contribution in [2.24, 2.45) is 0 Å². The number of benzene rings is 1. The predicted molar refractivity (Wildman–Crippen MR) is 59.0 cm³/mol. The van der Waals surface area contributed by atoms with Crippen molar-refractivity contribution in [3.8, 4) is 0 Å². The molecular weight excluding hydrogens is 227 g/mol. The van der Waals surface area contributed by atoms with Crippen LogP contribution in [0.5, 0.6) is 0 Å². The van der Waals surface area contributed by atoms with Crippen molar-refractivity contribution in [2.75, 3.05) is 5.32 Å². The van der Waals surface area contributed by atoms with Gasteiger partial charge in [-0.2, -0.15) is 9.49 Å². The highest BCUT2D eigenvalue weighted by atomic mass is 19.1.